The Balaban J connectivity index is 1.62. The highest BCUT2D eigenvalue weighted by Gasteiger charge is 2.19. The largest absolute Gasteiger partial charge is 0.371 e. The molecule has 2 heterocycles. The van der Waals surface area contributed by atoms with E-state index in [-0.39, 0.29) is 11.8 Å². The van der Waals surface area contributed by atoms with Gasteiger partial charge in [-0.25, -0.2) is 4.79 Å². The van der Waals surface area contributed by atoms with Crippen molar-refractivity contribution in [3.8, 4) is 0 Å². The highest BCUT2D eigenvalue weighted by molar-refractivity contribution is 5.92. The maximum absolute atomic E-state index is 11.9. The summed E-state index contributed by atoms with van der Waals surface area (Å²) in [6.45, 7) is 0.820. The van der Waals surface area contributed by atoms with Crippen LogP contribution in [0.4, 0.5) is 0 Å². The molecule has 22 heavy (non-hydrogen) atoms. The quantitative estimate of drug-likeness (QED) is 0.738. The second kappa shape index (κ2) is 5.98. The predicted molar refractivity (Wildman–Crippen MR) is 78.7 cm³/mol. The third kappa shape index (κ3) is 3.15. The number of nitrogens with one attached hydrogen (secondary N) is 3. The average molecular weight is 301 g/mol. The number of benzene rings is 1. The first-order valence-corrected chi connectivity index (χ1v) is 6.92. The van der Waals surface area contributed by atoms with Gasteiger partial charge in [0.1, 0.15) is 5.69 Å². The Hall–Kier alpha value is -2.67. The number of H-pyrrole nitrogens is 2. The van der Waals surface area contributed by atoms with E-state index in [4.69, 9.17) is 4.74 Å². The smallest absolute Gasteiger partial charge is 0.326 e. The van der Waals surface area contributed by atoms with Crippen LogP contribution in [-0.2, 0) is 17.8 Å². The Bertz CT molecular complexity index is 780. The van der Waals surface area contributed by atoms with Crippen LogP contribution in [0.1, 0.15) is 21.6 Å². The van der Waals surface area contributed by atoms with Crippen molar-refractivity contribution in [2.45, 2.75) is 19.1 Å². The first-order valence-electron chi connectivity index (χ1n) is 6.92. The third-order valence-corrected chi connectivity index (χ3v) is 3.54. The summed E-state index contributed by atoms with van der Waals surface area (Å²) in [6.07, 6.45) is 0.579. The lowest BCUT2D eigenvalue weighted by Crippen LogP contribution is -2.38. The second-order valence-corrected chi connectivity index (χ2v) is 5.12. The molecule has 114 valence electrons. The van der Waals surface area contributed by atoms with Gasteiger partial charge in [-0.1, -0.05) is 24.3 Å². The van der Waals surface area contributed by atoms with Gasteiger partial charge in [0, 0.05) is 19.0 Å². The van der Waals surface area contributed by atoms with Crippen molar-refractivity contribution in [2.24, 2.45) is 0 Å². The van der Waals surface area contributed by atoms with Gasteiger partial charge in [0.25, 0.3) is 11.5 Å². The first kappa shape index (κ1) is 14.3. The molecule has 1 atom stereocenters. The van der Waals surface area contributed by atoms with Gasteiger partial charge in [-0.3, -0.25) is 14.6 Å². The minimum Gasteiger partial charge on any atom is -0.371 e. The summed E-state index contributed by atoms with van der Waals surface area (Å²) in [5.41, 5.74) is 0.976. The summed E-state index contributed by atoms with van der Waals surface area (Å²) in [5, 5.41) is 2.67. The lowest BCUT2D eigenvalue weighted by Gasteiger charge is -2.25. The summed E-state index contributed by atoms with van der Waals surface area (Å²) in [5.74, 6) is -0.509. The molecule has 7 nitrogen and oxygen atoms in total. The van der Waals surface area contributed by atoms with Crippen molar-refractivity contribution in [1.29, 1.82) is 0 Å². The molecule has 0 saturated carbocycles. The molecule has 1 aromatic carbocycles. The van der Waals surface area contributed by atoms with Gasteiger partial charge >= 0.3 is 5.69 Å². The SMILES string of the molecule is O=C(NCC1Cc2ccccc2CO1)c1cc(=O)[nH]c(=O)[nH]1. The van der Waals surface area contributed by atoms with Gasteiger partial charge in [-0.15, -0.1) is 0 Å². The molecule has 1 aliphatic heterocycles. The van der Waals surface area contributed by atoms with E-state index >= 15 is 0 Å². The standard InChI is InChI=1S/C15H15N3O4/c19-13-6-12(17-15(21)18-13)14(20)16-7-11-5-9-3-1-2-4-10(9)8-22-11/h1-4,6,11H,5,7-8H2,(H,16,20)(H2,17,18,19,21). The van der Waals surface area contributed by atoms with Gasteiger partial charge in [0.05, 0.1) is 12.7 Å². The zero-order chi connectivity index (χ0) is 15.5. The number of fused-ring (bicyclic) bond motifs is 1. The van der Waals surface area contributed by atoms with Crippen LogP contribution in [0, 0.1) is 0 Å². The lowest BCUT2D eigenvalue weighted by atomic mass is 9.99. The number of hydrogen-bond acceptors (Lipinski definition) is 4. The van der Waals surface area contributed by atoms with Crippen molar-refractivity contribution in [3.63, 3.8) is 0 Å². The van der Waals surface area contributed by atoms with Crippen LogP contribution in [0.5, 0.6) is 0 Å². The number of carbonyl (C=O) groups is 1. The third-order valence-electron chi connectivity index (χ3n) is 3.54. The highest BCUT2D eigenvalue weighted by atomic mass is 16.5. The number of ether oxygens (including phenoxy) is 1. The molecule has 0 fully saturated rings. The molecule has 3 rings (SSSR count). The van der Waals surface area contributed by atoms with E-state index in [1.165, 1.54) is 5.56 Å². The minimum absolute atomic E-state index is 0.0649. The molecule has 1 aliphatic rings. The maximum atomic E-state index is 11.9. The van der Waals surface area contributed by atoms with Crippen molar-refractivity contribution in [3.05, 3.63) is 68.0 Å². The molecule has 3 N–H and O–H groups in total. The molecule has 7 heteroatoms. The van der Waals surface area contributed by atoms with Crippen molar-refractivity contribution < 1.29 is 9.53 Å². The normalized spacial score (nSPS) is 16.8. The van der Waals surface area contributed by atoms with E-state index in [1.54, 1.807) is 0 Å². The first-order chi connectivity index (χ1) is 10.6. The monoisotopic (exact) mass is 301 g/mol. The molecule has 0 saturated heterocycles. The zero-order valence-corrected chi connectivity index (χ0v) is 11.7. The maximum Gasteiger partial charge on any atom is 0.326 e. The molecule has 0 radical (unpaired) electrons. The van der Waals surface area contributed by atoms with Crippen molar-refractivity contribution in [2.75, 3.05) is 6.54 Å². The van der Waals surface area contributed by atoms with Gasteiger partial charge in [0.15, 0.2) is 0 Å². The van der Waals surface area contributed by atoms with Crippen molar-refractivity contribution in [1.82, 2.24) is 15.3 Å². The molecule has 1 amide bonds. The fourth-order valence-electron chi connectivity index (χ4n) is 2.43. The van der Waals surface area contributed by atoms with Crippen LogP contribution in [0.3, 0.4) is 0 Å². The predicted octanol–water partition coefficient (Wildman–Crippen LogP) is -0.0655. The minimum atomic E-state index is -0.708. The van der Waals surface area contributed by atoms with Gasteiger partial charge < -0.3 is 15.0 Å². The summed E-state index contributed by atoms with van der Waals surface area (Å²) in [4.78, 5) is 38.6. The molecule has 2 aromatic rings. The van der Waals surface area contributed by atoms with E-state index in [1.807, 2.05) is 29.2 Å². The topological polar surface area (TPSA) is 104 Å². The van der Waals surface area contributed by atoms with Crippen LogP contribution in [0.2, 0.25) is 0 Å². The molecular formula is C15H15N3O4. The summed E-state index contributed by atoms with van der Waals surface area (Å²) < 4.78 is 5.68. The lowest BCUT2D eigenvalue weighted by molar-refractivity contribution is 0.0284. The molecule has 1 aromatic heterocycles. The van der Waals surface area contributed by atoms with Gasteiger partial charge in [0.2, 0.25) is 0 Å². The fourth-order valence-corrected chi connectivity index (χ4v) is 2.43. The molecule has 1 unspecified atom stereocenters. The van der Waals surface area contributed by atoms with Crippen LogP contribution in [0.15, 0.2) is 39.9 Å². The van der Waals surface area contributed by atoms with Crippen LogP contribution in [0.25, 0.3) is 0 Å². The van der Waals surface area contributed by atoms with Crippen molar-refractivity contribution >= 4 is 5.91 Å². The Morgan fingerprint density at radius 3 is 2.77 bits per heavy atom. The molecule has 0 bridgehead atoms. The molecule has 0 spiro atoms. The van der Waals surface area contributed by atoms with E-state index in [0.29, 0.717) is 19.6 Å². The number of amides is 1. The molecule has 0 aliphatic carbocycles. The van der Waals surface area contributed by atoms with Crippen LogP contribution >= 0.6 is 0 Å². The Labute approximate surface area is 125 Å². The Kier molecular flexibility index (Phi) is 3.88. The zero-order valence-electron chi connectivity index (χ0n) is 11.7. The van der Waals surface area contributed by atoms with Crippen LogP contribution in [-0.4, -0.2) is 28.5 Å². The van der Waals surface area contributed by atoms with E-state index in [9.17, 15) is 14.4 Å². The van der Waals surface area contributed by atoms with Crippen LogP contribution < -0.4 is 16.6 Å². The number of aromatic nitrogens is 2. The van der Waals surface area contributed by atoms with E-state index in [2.05, 4.69) is 10.3 Å². The Morgan fingerprint density at radius 1 is 1.23 bits per heavy atom. The summed E-state index contributed by atoms with van der Waals surface area (Å²) >= 11 is 0. The fraction of sp³-hybridized carbons (Fsp3) is 0.267. The number of aromatic amines is 2. The highest BCUT2D eigenvalue weighted by Crippen LogP contribution is 2.19. The van der Waals surface area contributed by atoms with Gasteiger partial charge in [-0.2, -0.15) is 0 Å². The van der Waals surface area contributed by atoms with E-state index < -0.39 is 17.2 Å². The second-order valence-electron chi connectivity index (χ2n) is 5.12. The van der Waals surface area contributed by atoms with Gasteiger partial charge in [-0.05, 0) is 11.1 Å². The average Bonchev–Trinajstić information content (AvgIpc) is 2.51. The summed E-state index contributed by atoms with van der Waals surface area (Å²) in [6, 6.07) is 9.05. The Morgan fingerprint density at radius 2 is 2.00 bits per heavy atom. The molecular weight excluding hydrogens is 286 g/mol. The number of hydrogen-bond donors (Lipinski definition) is 3. The summed E-state index contributed by atoms with van der Waals surface area (Å²) in [7, 11) is 0. The van der Waals surface area contributed by atoms with E-state index in [0.717, 1.165) is 11.6 Å². The number of carbonyl (C=O) groups excluding carboxylic acids is 1. The number of rotatable bonds is 3.